The van der Waals surface area contributed by atoms with Crippen LogP contribution in [0.5, 0.6) is 23.0 Å². The zero-order valence-electron chi connectivity index (χ0n) is 16.3. The summed E-state index contributed by atoms with van der Waals surface area (Å²) in [6.45, 7) is 6.55. The normalized spacial score (nSPS) is 14.6. The molecule has 1 heterocycles. The van der Waals surface area contributed by atoms with Crippen molar-refractivity contribution in [2.75, 3.05) is 27.4 Å². The number of ketones is 1. The van der Waals surface area contributed by atoms with E-state index in [1.54, 1.807) is 14.2 Å². The third-order valence-electron chi connectivity index (χ3n) is 4.44. The molecule has 0 saturated heterocycles. The molecule has 0 unspecified atom stereocenters. The van der Waals surface area contributed by atoms with Crippen molar-refractivity contribution in [3.63, 3.8) is 0 Å². The van der Waals surface area contributed by atoms with E-state index in [9.17, 15) is 4.79 Å². The number of fused-ring (bicyclic) bond motifs is 1. The fourth-order valence-electron chi connectivity index (χ4n) is 3.28. The van der Waals surface area contributed by atoms with Gasteiger partial charge in [-0.25, -0.2) is 0 Å². The number of benzene rings is 2. The summed E-state index contributed by atoms with van der Waals surface area (Å²) >= 11 is 0. The first-order valence-electron chi connectivity index (χ1n) is 8.86. The highest BCUT2D eigenvalue weighted by Gasteiger charge is 2.25. The molecule has 0 saturated carbocycles. The molecule has 0 aliphatic carbocycles. The number of rotatable bonds is 5. The third-order valence-corrected chi connectivity index (χ3v) is 4.44. The van der Waals surface area contributed by atoms with Crippen molar-refractivity contribution < 1.29 is 23.7 Å². The number of methoxy groups -OCH3 is 2. The lowest BCUT2D eigenvalue weighted by Crippen LogP contribution is -2.20. The van der Waals surface area contributed by atoms with Crippen LogP contribution in [0.3, 0.4) is 0 Å². The lowest BCUT2D eigenvalue weighted by molar-refractivity contribution is 0.1000. The van der Waals surface area contributed by atoms with E-state index in [0.29, 0.717) is 40.7 Å². The molecule has 0 spiro atoms. The van der Waals surface area contributed by atoms with Crippen molar-refractivity contribution in [1.29, 1.82) is 0 Å². The number of hydrogen-bond donors (Lipinski definition) is 0. The maximum absolute atomic E-state index is 13.0. The summed E-state index contributed by atoms with van der Waals surface area (Å²) in [6.07, 6.45) is 1.81. The molecular weight excluding hydrogens is 344 g/mol. The van der Waals surface area contributed by atoms with E-state index in [4.69, 9.17) is 18.9 Å². The Morgan fingerprint density at radius 2 is 1.74 bits per heavy atom. The monoisotopic (exact) mass is 368 g/mol. The molecule has 27 heavy (non-hydrogen) atoms. The van der Waals surface area contributed by atoms with Crippen LogP contribution in [0, 0.1) is 13.8 Å². The van der Waals surface area contributed by atoms with Crippen molar-refractivity contribution in [2.24, 2.45) is 0 Å². The molecule has 5 heteroatoms. The Morgan fingerprint density at radius 3 is 2.33 bits per heavy atom. The van der Waals surface area contributed by atoms with Crippen LogP contribution < -0.4 is 18.9 Å². The molecule has 2 aromatic rings. The Labute approximate surface area is 159 Å². The number of carbonyl (C=O) groups is 1. The van der Waals surface area contributed by atoms with Crippen LogP contribution in [0.4, 0.5) is 0 Å². The second-order valence-corrected chi connectivity index (χ2v) is 6.43. The number of carbonyl (C=O) groups excluding carboxylic acids is 1. The molecule has 142 valence electrons. The zero-order chi connectivity index (χ0) is 19.6. The van der Waals surface area contributed by atoms with Crippen molar-refractivity contribution in [1.82, 2.24) is 0 Å². The van der Waals surface area contributed by atoms with Crippen LogP contribution in [-0.2, 0) is 0 Å². The van der Waals surface area contributed by atoms with Crippen molar-refractivity contribution in [2.45, 2.75) is 20.8 Å². The summed E-state index contributed by atoms with van der Waals surface area (Å²) in [5.74, 6) is 2.31. The van der Waals surface area contributed by atoms with E-state index >= 15 is 0 Å². The predicted octanol–water partition coefficient (Wildman–Crippen LogP) is 4.38. The molecule has 1 aliphatic rings. The second-order valence-electron chi connectivity index (χ2n) is 6.43. The van der Waals surface area contributed by atoms with Gasteiger partial charge in [-0.05, 0) is 61.7 Å². The highest BCUT2D eigenvalue weighted by atomic mass is 16.5. The van der Waals surface area contributed by atoms with E-state index in [2.05, 4.69) is 0 Å². The summed E-state index contributed by atoms with van der Waals surface area (Å²) in [4.78, 5) is 13.0. The van der Waals surface area contributed by atoms with Gasteiger partial charge >= 0.3 is 0 Å². The Morgan fingerprint density at radius 1 is 1.07 bits per heavy atom. The largest absolute Gasteiger partial charge is 0.493 e. The Hall–Kier alpha value is -2.95. The van der Waals surface area contributed by atoms with Gasteiger partial charge in [-0.2, -0.15) is 0 Å². The number of aryl methyl sites for hydroxylation is 2. The number of ether oxygens (including phenoxy) is 4. The molecular formula is C22H24O5. The van der Waals surface area contributed by atoms with Gasteiger partial charge in [0.05, 0.1) is 26.4 Å². The van der Waals surface area contributed by atoms with E-state index in [1.807, 2.05) is 51.1 Å². The quantitative estimate of drug-likeness (QED) is 0.733. The predicted molar refractivity (Wildman–Crippen MR) is 104 cm³/mol. The molecule has 0 fully saturated rings. The van der Waals surface area contributed by atoms with Crippen LogP contribution in [0.2, 0.25) is 0 Å². The van der Waals surface area contributed by atoms with E-state index in [1.165, 1.54) is 0 Å². The van der Waals surface area contributed by atoms with Gasteiger partial charge in [0.25, 0.3) is 0 Å². The Kier molecular flexibility index (Phi) is 5.40. The third kappa shape index (κ3) is 3.63. The lowest BCUT2D eigenvalue weighted by Gasteiger charge is -2.21. The first-order chi connectivity index (χ1) is 13.0. The topological polar surface area (TPSA) is 54.0 Å². The summed E-state index contributed by atoms with van der Waals surface area (Å²) in [6, 6.07) is 7.54. The average Bonchev–Trinajstić information content (AvgIpc) is 2.65. The van der Waals surface area contributed by atoms with Gasteiger partial charge in [0.2, 0.25) is 5.75 Å². The molecule has 0 radical (unpaired) electrons. The van der Waals surface area contributed by atoms with Gasteiger partial charge in [-0.1, -0.05) is 6.07 Å². The van der Waals surface area contributed by atoms with E-state index in [-0.39, 0.29) is 12.4 Å². The second kappa shape index (κ2) is 7.74. The maximum Gasteiger partial charge on any atom is 0.203 e. The SMILES string of the molecule is CCOc1c(OC)cc(/C=C2\COc3c(C)cc(C)cc3C2=O)cc1OC. The maximum atomic E-state index is 13.0. The minimum absolute atomic E-state index is 0.0186. The number of hydrogen-bond acceptors (Lipinski definition) is 5. The molecule has 0 aromatic heterocycles. The first kappa shape index (κ1) is 18.8. The van der Waals surface area contributed by atoms with Gasteiger partial charge in [0, 0.05) is 5.57 Å². The van der Waals surface area contributed by atoms with Gasteiger partial charge in [-0.3, -0.25) is 4.79 Å². The molecule has 0 N–H and O–H groups in total. The minimum atomic E-state index is -0.0186. The molecule has 0 atom stereocenters. The average molecular weight is 368 g/mol. The van der Waals surface area contributed by atoms with Gasteiger partial charge in [0.15, 0.2) is 17.3 Å². The van der Waals surface area contributed by atoms with Crippen LogP contribution in [0.25, 0.3) is 6.08 Å². The highest BCUT2D eigenvalue weighted by molar-refractivity contribution is 6.14. The molecule has 0 amide bonds. The molecule has 5 nitrogen and oxygen atoms in total. The molecule has 0 bridgehead atoms. The highest BCUT2D eigenvalue weighted by Crippen LogP contribution is 2.40. The fourth-order valence-corrected chi connectivity index (χ4v) is 3.28. The van der Waals surface area contributed by atoms with Crippen LogP contribution in [-0.4, -0.2) is 33.2 Å². The van der Waals surface area contributed by atoms with Crippen LogP contribution in [0.1, 0.15) is 34.0 Å². The van der Waals surface area contributed by atoms with Crippen LogP contribution in [0.15, 0.2) is 29.8 Å². The number of Topliss-reactive ketones (excluding diaryl/α,β-unsaturated/α-hetero) is 1. The summed E-state index contributed by atoms with van der Waals surface area (Å²) in [5.41, 5.74) is 3.98. The van der Waals surface area contributed by atoms with Gasteiger partial charge in [-0.15, -0.1) is 0 Å². The van der Waals surface area contributed by atoms with Crippen molar-refractivity contribution in [3.05, 3.63) is 52.1 Å². The zero-order valence-corrected chi connectivity index (χ0v) is 16.3. The molecule has 2 aromatic carbocycles. The summed E-state index contributed by atoms with van der Waals surface area (Å²) in [7, 11) is 3.15. The van der Waals surface area contributed by atoms with E-state index in [0.717, 1.165) is 16.7 Å². The standard InChI is InChI=1S/C22H24O5/c1-6-26-22-18(24-4)10-15(11-19(22)25-5)9-16-12-27-21-14(3)7-13(2)8-17(21)20(16)23/h7-11H,6,12H2,1-5H3/b16-9+. The summed E-state index contributed by atoms with van der Waals surface area (Å²) in [5, 5.41) is 0. The van der Waals surface area contributed by atoms with Gasteiger partial charge in [0.1, 0.15) is 12.4 Å². The fraction of sp³-hybridized carbons (Fsp3) is 0.318. The van der Waals surface area contributed by atoms with Crippen LogP contribution >= 0.6 is 0 Å². The van der Waals surface area contributed by atoms with Crippen molar-refractivity contribution in [3.8, 4) is 23.0 Å². The summed E-state index contributed by atoms with van der Waals surface area (Å²) < 4.78 is 22.4. The molecule has 1 aliphatic heterocycles. The van der Waals surface area contributed by atoms with Crippen molar-refractivity contribution >= 4 is 11.9 Å². The van der Waals surface area contributed by atoms with Gasteiger partial charge < -0.3 is 18.9 Å². The minimum Gasteiger partial charge on any atom is -0.493 e. The molecule has 3 rings (SSSR count). The smallest absolute Gasteiger partial charge is 0.203 e. The Balaban J connectivity index is 2.03. The van der Waals surface area contributed by atoms with E-state index < -0.39 is 0 Å². The lowest BCUT2D eigenvalue weighted by atomic mass is 9.94. The Bertz CT molecular complexity index is 886. The first-order valence-corrected chi connectivity index (χ1v) is 8.86.